The lowest BCUT2D eigenvalue weighted by Crippen LogP contribution is -2.43. The van der Waals surface area contributed by atoms with Gasteiger partial charge in [0.15, 0.2) is 0 Å². The average molecular weight is 344 g/mol. The summed E-state index contributed by atoms with van der Waals surface area (Å²) in [5.41, 5.74) is -2.79. The number of aliphatic hydroxyl groups is 1. The van der Waals surface area contributed by atoms with Crippen molar-refractivity contribution in [1.82, 2.24) is 0 Å². The highest BCUT2D eigenvalue weighted by Gasteiger charge is 2.53. The lowest BCUT2D eigenvalue weighted by atomic mass is 9.90. The Morgan fingerprint density at radius 1 is 1.09 bits per heavy atom. The highest BCUT2D eigenvalue weighted by molar-refractivity contribution is 5.52. The number of hydrogen-bond donors (Lipinski definition) is 1. The fraction of sp³-hybridized carbons (Fsp3) is 0.571. The van der Waals surface area contributed by atoms with Crippen LogP contribution < -0.4 is 4.74 Å². The molecule has 2 aliphatic rings. The van der Waals surface area contributed by atoms with Gasteiger partial charge in [-0.1, -0.05) is 0 Å². The van der Waals surface area contributed by atoms with E-state index in [1.54, 1.807) is 0 Å². The molecule has 9 heteroatoms. The number of rotatable bonds is 2. The third-order valence-electron chi connectivity index (χ3n) is 4.05. The van der Waals surface area contributed by atoms with Gasteiger partial charge in [-0.15, -0.1) is 0 Å². The predicted molar refractivity (Wildman–Crippen MR) is 63.7 cm³/mol. The fourth-order valence-corrected chi connectivity index (χ4v) is 2.91. The number of hydrogen-bond acceptors (Lipinski definition) is 2. The number of ether oxygens (including phenoxy) is 1. The maximum atomic E-state index is 13.6. The van der Waals surface area contributed by atoms with Crippen LogP contribution in [0.5, 0.6) is 5.75 Å². The van der Waals surface area contributed by atoms with Crippen molar-refractivity contribution in [2.45, 2.75) is 49.5 Å². The van der Waals surface area contributed by atoms with Gasteiger partial charge in [0.1, 0.15) is 18.0 Å². The highest BCUT2D eigenvalue weighted by Crippen LogP contribution is 2.52. The van der Waals surface area contributed by atoms with E-state index >= 15 is 0 Å². The summed E-state index contributed by atoms with van der Waals surface area (Å²) in [5, 5.41) is 9.54. The predicted octanol–water partition coefficient (Wildman–Crippen LogP) is 4.11. The monoisotopic (exact) mass is 344 g/mol. The largest absolute Gasteiger partial charge is 0.490 e. The molecular weight excluding hydrogens is 333 g/mol. The minimum Gasteiger partial charge on any atom is -0.490 e. The number of alkyl halides is 7. The Bertz CT molecular complexity index is 631. The zero-order valence-corrected chi connectivity index (χ0v) is 11.4. The Labute approximate surface area is 125 Å². The van der Waals surface area contributed by atoms with Crippen molar-refractivity contribution in [1.29, 1.82) is 0 Å². The summed E-state index contributed by atoms with van der Waals surface area (Å²) in [6, 6.07) is 1.36. The molecule has 1 N–H and O–H groups in total. The molecule has 0 bridgehead atoms. The Balaban J connectivity index is 1.98. The molecule has 0 radical (unpaired) electrons. The van der Waals surface area contributed by atoms with Crippen LogP contribution in [0.2, 0.25) is 0 Å². The summed E-state index contributed by atoms with van der Waals surface area (Å²) in [5.74, 6) is -7.00. The van der Waals surface area contributed by atoms with E-state index in [0.29, 0.717) is 6.07 Å². The summed E-state index contributed by atoms with van der Waals surface area (Å²) in [4.78, 5) is 0. The van der Waals surface area contributed by atoms with E-state index in [-0.39, 0.29) is 5.75 Å². The molecule has 1 aromatic carbocycles. The first-order chi connectivity index (χ1) is 10.4. The van der Waals surface area contributed by atoms with Crippen LogP contribution in [0.1, 0.15) is 35.6 Å². The van der Waals surface area contributed by atoms with Crippen molar-refractivity contribution in [2.75, 3.05) is 0 Å². The van der Waals surface area contributed by atoms with Crippen molar-refractivity contribution < 1.29 is 40.6 Å². The topological polar surface area (TPSA) is 29.5 Å². The summed E-state index contributed by atoms with van der Waals surface area (Å²) in [7, 11) is 0. The standard InChI is InChI=1S/C14H11F7O2/c15-12(16)3-6(4-12)23-9-2-1-8(14(19,20)21)10-7(9)5-13(17,18)11(10)22/h1-2,6,11,22H,3-5H2/t11-/m0/s1. The van der Waals surface area contributed by atoms with Crippen LogP contribution in [0, 0.1) is 0 Å². The van der Waals surface area contributed by atoms with Gasteiger partial charge in [0.05, 0.1) is 5.56 Å². The number of aliphatic hydroxyl groups excluding tert-OH is 1. The van der Waals surface area contributed by atoms with Gasteiger partial charge in [0.2, 0.25) is 0 Å². The number of halogens is 7. The van der Waals surface area contributed by atoms with E-state index < -0.39 is 66.2 Å². The van der Waals surface area contributed by atoms with Gasteiger partial charge in [-0.2, -0.15) is 13.2 Å². The number of fused-ring (bicyclic) bond motifs is 1. The van der Waals surface area contributed by atoms with Gasteiger partial charge in [-0.05, 0) is 12.1 Å². The molecule has 2 aliphatic carbocycles. The molecule has 1 saturated carbocycles. The molecule has 0 unspecified atom stereocenters. The minimum atomic E-state index is -4.92. The molecule has 128 valence electrons. The van der Waals surface area contributed by atoms with Crippen molar-refractivity contribution in [3.05, 3.63) is 28.8 Å². The second kappa shape index (κ2) is 4.75. The molecule has 1 aromatic rings. The molecule has 0 heterocycles. The Kier molecular flexibility index (Phi) is 3.38. The molecular formula is C14H11F7O2. The van der Waals surface area contributed by atoms with Crippen LogP contribution in [-0.4, -0.2) is 23.1 Å². The molecule has 0 aromatic heterocycles. The summed E-state index contributed by atoms with van der Waals surface area (Å²) >= 11 is 0. The molecule has 1 atom stereocenters. The Morgan fingerprint density at radius 2 is 1.70 bits per heavy atom. The number of benzene rings is 1. The normalized spacial score (nSPS) is 25.8. The van der Waals surface area contributed by atoms with Gasteiger partial charge >= 0.3 is 6.18 Å². The molecule has 0 amide bonds. The molecule has 3 rings (SSSR count). The molecule has 0 spiro atoms. The second-order valence-corrected chi connectivity index (χ2v) is 5.85. The fourth-order valence-electron chi connectivity index (χ4n) is 2.91. The van der Waals surface area contributed by atoms with Crippen LogP contribution >= 0.6 is 0 Å². The quantitative estimate of drug-likeness (QED) is 0.819. The highest BCUT2D eigenvalue weighted by atomic mass is 19.4. The second-order valence-electron chi connectivity index (χ2n) is 5.85. The van der Waals surface area contributed by atoms with Gasteiger partial charge in [0, 0.05) is 30.4 Å². The first kappa shape index (κ1) is 16.4. The summed E-state index contributed by atoms with van der Waals surface area (Å²) in [6.45, 7) is 0. The zero-order valence-electron chi connectivity index (χ0n) is 11.4. The van der Waals surface area contributed by atoms with Crippen molar-refractivity contribution in [2.24, 2.45) is 0 Å². The van der Waals surface area contributed by atoms with Gasteiger partial charge < -0.3 is 9.84 Å². The van der Waals surface area contributed by atoms with E-state index in [9.17, 15) is 35.8 Å². The van der Waals surface area contributed by atoms with Crippen LogP contribution in [0.25, 0.3) is 0 Å². The van der Waals surface area contributed by atoms with Crippen molar-refractivity contribution in [3.63, 3.8) is 0 Å². The lowest BCUT2D eigenvalue weighted by Gasteiger charge is -2.35. The van der Waals surface area contributed by atoms with E-state index in [1.165, 1.54) is 0 Å². The van der Waals surface area contributed by atoms with Gasteiger partial charge in [-0.3, -0.25) is 0 Å². The molecule has 0 aliphatic heterocycles. The van der Waals surface area contributed by atoms with Crippen LogP contribution in [0.15, 0.2) is 12.1 Å². The summed E-state index contributed by atoms with van der Waals surface area (Å²) < 4.78 is 96.8. The van der Waals surface area contributed by atoms with Crippen LogP contribution in [0.3, 0.4) is 0 Å². The molecule has 23 heavy (non-hydrogen) atoms. The van der Waals surface area contributed by atoms with E-state index in [0.717, 1.165) is 6.07 Å². The average Bonchev–Trinajstić information content (AvgIpc) is 2.58. The maximum Gasteiger partial charge on any atom is 0.416 e. The first-order valence-electron chi connectivity index (χ1n) is 6.74. The smallest absolute Gasteiger partial charge is 0.416 e. The Hall–Kier alpha value is -1.51. The van der Waals surface area contributed by atoms with Crippen molar-refractivity contribution in [3.8, 4) is 5.75 Å². The molecule has 1 fully saturated rings. The van der Waals surface area contributed by atoms with E-state index in [1.807, 2.05) is 0 Å². The molecule has 2 nitrogen and oxygen atoms in total. The van der Waals surface area contributed by atoms with E-state index in [4.69, 9.17) is 4.74 Å². The van der Waals surface area contributed by atoms with Crippen LogP contribution in [-0.2, 0) is 12.6 Å². The van der Waals surface area contributed by atoms with Gasteiger partial charge in [0.25, 0.3) is 11.8 Å². The minimum absolute atomic E-state index is 0.315. The molecule has 0 saturated heterocycles. The van der Waals surface area contributed by atoms with Gasteiger partial charge in [-0.25, -0.2) is 17.6 Å². The third kappa shape index (κ3) is 2.75. The lowest BCUT2D eigenvalue weighted by molar-refractivity contribution is -0.142. The maximum absolute atomic E-state index is 13.6. The van der Waals surface area contributed by atoms with Crippen LogP contribution in [0.4, 0.5) is 30.7 Å². The summed E-state index contributed by atoms with van der Waals surface area (Å²) in [6.07, 6.45) is -10.9. The SMILES string of the molecule is O[C@H]1c2c(C(F)(F)F)ccc(OC3CC(F)(F)C3)c2CC1(F)F. The van der Waals surface area contributed by atoms with Crippen molar-refractivity contribution >= 4 is 0 Å². The zero-order chi connectivity index (χ0) is 17.2. The first-order valence-corrected chi connectivity index (χ1v) is 6.74. The Morgan fingerprint density at radius 3 is 2.22 bits per heavy atom. The third-order valence-corrected chi connectivity index (χ3v) is 4.05. The van der Waals surface area contributed by atoms with E-state index in [2.05, 4.69) is 0 Å².